The summed E-state index contributed by atoms with van der Waals surface area (Å²) in [6.07, 6.45) is 2.13. The molecule has 1 fully saturated rings. The van der Waals surface area contributed by atoms with E-state index in [1.165, 1.54) is 11.8 Å². The van der Waals surface area contributed by atoms with Crippen LogP contribution in [0.15, 0.2) is 27.8 Å². The SMILES string of the molecule is CC1CCN(C(=O)CSc2nnc(-c3ccc(Cl)cc3Cl)o2)CC1. The second kappa shape index (κ2) is 7.76. The summed E-state index contributed by atoms with van der Waals surface area (Å²) >= 11 is 13.3. The van der Waals surface area contributed by atoms with Crippen molar-refractivity contribution < 1.29 is 9.21 Å². The molecule has 0 radical (unpaired) electrons. The number of nitrogens with zero attached hydrogens (tertiary/aromatic N) is 3. The van der Waals surface area contributed by atoms with Gasteiger partial charge in [0.1, 0.15) is 0 Å². The van der Waals surface area contributed by atoms with Gasteiger partial charge in [-0.2, -0.15) is 0 Å². The number of carbonyl (C=O) groups is 1. The van der Waals surface area contributed by atoms with Crippen molar-refractivity contribution in [2.75, 3.05) is 18.8 Å². The van der Waals surface area contributed by atoms with Crippen molar-refractivity contribution in [3.05, 3.63) is 28.2 Å². The summed E-state index contributed by atoms with van der Waals surface area (Å²) in [7, 11) is 0. The van der Waals surface area contributed by atoms with Gasteiger partial charge in [0.05, 0.1) is 16.3 Å². The predicted octanol–water partition coefficient (Wildman–Crippen LogP) is 4.39. The van der Waals surface area contributed by atoms with E-state index < -0.39 is 0 Å². The fraction of sp³-hybridized carbons (Fsp3) is 0.438. The summed E-state index contributed by atoms with van der Waals surface area (Å²) in [6, 6.07) is 5.06. The molecule has 0 atom stereocenters. The number of rotatable bonds is 4. The van der Waals surface area contributed by atoms with Crippen molar-refractivity contribution in [1.82, 2.24) is 15.1 Å². The molecule has 1 saturated heterocycles. The van der Waals surface area contributed by atoms with Crippen molar-refractivity contribution in [2.45, 2.75) is 25.0 Å². The minimum absolute atomic E-state index is 0.108. The second-order valence-electron chi connectivity index (χ2n) is 5.85. The van der Waals surface area contributed by atoms with Gasteiger partial charge in [-0.3, -0.25) is 4.79 Å². The van der Waals surface area contributed by atoms with Crippen molar-refractivity contribution in [2.24, 2.45) is 5.92 Å². The monoisotopic (exact) mass is 385 g/mol. The lowest BCUT2D eigenvalue weighted by atomic mass is 9.99. The van der Waals surface area contributed by atoms with E-state index in [0.29, 0.717) is 38.4 Å². The highest BCUT2D eigenvalue weighted by Crippen LogP contribution is 2.31. The van der Waals surface area contributed by atoms with Crippen LogP contribution in [0.25, 0.3) is 11.5 Å². The van der Waals surface area contributed by atoms with Gasteiger partial charge < -0.3 is 9.32 Å². The average Bonchev–Trinajstić information content (AvgIpc) is 3.02. The molecule has 0 saturated carbocycles. The Morgan fingerprint density at radius 2 is 2.08 bits per heavy atom. The minimum atomic E-state index is 0.108. The molecule has 3 rings (SSSR count). The summed E-state index contributed by atoms with van der Waals surface area (Å²) in [5.41, 5.74) is 0.622. The molecule has 0 aliphatic carbocycles. The van der Waals surface area contributed by atoms with Crippen LogP contribution in [0.1, 0.15) is 19.8 Å². The summed E-state index contributed by atoms with van der Waals surface area (Å²) < 4.78 is 5.59. The number of benzene rings is 1. The number of halogens is 2. The van der Waals surface area contributed by atoms with E-state index >= 15 is 0 Å². The van der Waals surface area contributed by atoms with Gasteiger partial charge in [0, 0.05) is 18.1 Å². The van der Waals surface area contributed by atoms with Crippen LogP contribution in [0.5, 0.6) is 0 Å². The molecule has 2 heterocycles. The van der Waals surface area contributed by atoms with Crippen LogP contribution >= 0.6 is 35.0 Å². The van der Waals surface area contributed by atoms with Gasteiger partial charge in [0.15, 0.2) is 0 Å². The first-order chi connectivity index (χ1) is 11.5. The molecule has 0 unspecified atom stereocenters. The zero-order valence-electron chi connectivity index (χ0n) is 13.2. The number of hydrogen-bond acceptors (Lipinski definition) is 5. The van der Waals surface area contributed by atoms with Gasteiger partial charge in [-0.15, -0.1) is 10.2 Å². The number of amides is 1. The van der Waals surface area contributed by atoms with Crippen LogP contribution < -0.4 is 0 Å². The molecule has 128 valence electrons. The van der Waals surface area contributed by atoms with Crippen LogP contribution in [-0.2, 0) is 4.79 Å². The number of hydrogen-bond donors (Lipinski definition) is 0. The molecule has 1 aliphatic heterocycles. The third kappa shape index (κ3) is 4.23. The molecule has 8 heteroatoms. The molecule has 1 aliphatic rings. The Hall–Kier alpha value is -1.24. The second-order valence-corrected chi connectivity index (χ2v) is 7.62. The molecule has 2 aromatic rings. The van der Waals surface area contributed by atoms with Crippen LogP contribution in [0.2, 0.25) is 10.0 Å². The highest BCUT2D eigenvalue weighted by Gasteiger charge is 2.21. The van der Waals surface area contributed by atoms with Crippen molar-refractivity contribution in [3.63, 3.8) is 0 Å². The maximum absolute atomic E-state index is 12.2. The largest absolute Gasteiger partial charge is 0.411 e. The third-order valence-electron chi connectivity index (χ3n) is 4.02. The summed E-state index contributed by atoms with van der Waals surface area (Å²) in [5, 5.41) is 9.30. The molecule has 0 N–H and O–H groups in total. The smallest absolute Gasteiger partial charge is 0.277 e. The van der Waals surface area contributed by atoms with Crippen LogP contribution in [-0.4, -0.2) is 39.8 Å². The Morgan fingerprint density at radius 3 is 2.79 bits per heavy atom. The van der Waals surface area contributed by atoms with E-state index in [4.69, 9.17) is 27.6 Å². The van der Waals surface area contributed by atoms with Crippen molar-refractivity contribution >= 4 is 40.9 Å². The molecule has 1 amide bonds. The molecular weight excluding hydrogens is 369 g/mol. The first-order valence-corrected chi connectivity index (χ1v) is 9.46. The lowest BCUT2D eigenvalue weighted by Crippen LogP contribution is -2.38. The zero-order chi connectivity index (χ0) is 17.1. The maximum atomic E-state index is 12.2. The van der Waals surface area contributed by atoms with Crippen molar-refractivity contribution in [3.8, 4) is 11.5 Å². The average molecular weight is 386 g/mol. The van der Waals surface area contributed by atoms with E-state index in [1.807, 2.05) is 4.90 Å². The van der Waals surface area contributed by atoms with Gasteiger partial charge in [-0.1, -0.05) is 41.9 Å². The summed E-state index contributed by atoms with van der Waals surface area (Å²) in [5.74, 6) is 1.42. The Bertz CT molecular complexity index is 730. The number of carbonyl (C=O) groups excluding carboxylic acids is 1. The molecule has 1 aromatic carbocycles. The van der Waals surface area contributed by atoms with Crippen LogP contribution in [0.3, 0.4) is 0 Å². The molecule has 24 heavy (non-hydrogen) atoms. The summed E-state index contributed by atoms with van der Waals surface area (Å²) in [4.78, 5) is 14.1. The van der Waals surface area contributed by atoms with Gasteiger partial charge in [0.25, 0.3) is 5.22 Å². The Morgan fingerprint density at radius 1 is 1.33 bits per heavy atom. The van der Waals surface area contributed by atoms with Crippen LogP contribution in [0.4, 0.5) is 0 Å². The molecule has 0 spiro atoms. The zero-order valence-corrected chi connectivity index (χ0v) is 15.5. The molecular formula is C16H17Cl2N3O2S. The lowest BCUT2D eigenvalue weighted by molar-refractivity contribution is -0.129. The van der Waals surface area contributed by atoms with Crippen LogP contribution in [0, 0.1) is 5.92 Å². The third-order valence-corrected chi connectivity index (χ3v) is 5.37. The van der Waals surface area contributed by atoms with E-state index in [9.17, 15) is 4.79 Å². The molecule has 1 aromatic heterocycles. The number of likely N-dealkylation sites (tertiary alicyclic amines) is 1. The standard InChI is InChI=1S/C16H17Cl2N3O2S/c1-10-4-6-21(7-5-10)14(22)9-24-16-20-19-15(23-16)12-3-2-11(17)8-13(12)18/h2-3,8,10H,4-7,9H2,1H3. The molecule has 0 bridgehead atoms. The fourth-order valence-corrected chi connectivity index (χ4v) is 3.67. The van der Waals surface area contributed by atoms with Gasteiger partial charge in [-0.05, 0) is 37.0 Å². The Kier molecular flexibility index (Phi) is 5.69. The Balaban J connectivity index is 1.59. The number of aromatic nitrogens is 2. The van der Waals surface area contributed by atoms with E-state index in [-0.39, 0.29) is 5.91 Å². The highest BCUT2D eigenvalue weighted by molar-refractivity contribution is 7.99. The highest BCUT2D eigenvalue weighted by atomic mass is 35.5. The minimum Gasteiger partial charge on any atom is -0.411 e. The van der Waals surface area contributed by atoms with E-state index in [2.05, 4.69) is 17.1 Å². The number of piperidine rings is 1. The van der Waals surface area contributed by atoms with E-state index in [1.54, 1.807) is 18.2 Å². The van der Waals surface area contributed by atoms with Gasteiger partial charge >= 0.3 is 0 Å². The lowest BCUT2D eigenvalue weighted by Gasteiger charge is -2.30. The quantitative estimate of drug-likeness (QED) is 0.730. The Labute approximate surface area is 154 Å². The topological polar surface area (TPSA) is 59.2 Å². The van der Waals surface area contributed by atoms with Gasteiger partial charge in [-0.25, -0.2) is 0 Å². The molecule has 5 nitrogen and oxygen atoms in total. The number of thioether (sulfide) groups is 1. The van der Waals surface area contributed by atoms with E-state index in [0.717, 1.165) is 25.9 Å². The summed E-state index contributed by atoms with van der Waals surface area (Å²) in [6.45, 7) is 3.88. The predicted molar refractivity (Wildman–Crippen MR) is 95.5 cm³/mol. The fourth-order valence-electron chi connectivity index (χ4n) is 2.51. The normalized spacial score (nSPS) is 15.7. The first-order valence-electron chi connectivity index (χ1n) is 7.72. The van der Waals surface area contributed by atoms with Gasteiger partial charge in [0.2, 0.25) is 11.8 Å². The maximum Gasteiger partial charge on any atom is 0.277 e. The van der Waals surface area contributed by atoms with Crippen molar-refractivity contribution in [1.29, 1.82) is 0 Å². The first kappa shape index (κ1) is 17.6.